The molecule has 0 aliphatic heterocycles. The third-order valence-corrected chi connectivity index (χ3v) is 2.54. The summed E-state index contributed by atoms with van der Waals surface area (Å²) in [6.07, 6.45) is 5.58. The number of hydrogen-bond donors (Lipinski definition) is 2. The second-order valence-electron chi connectivity index (χ2n) is 3.42. The van der Waals surface area contributed by atoms with Crippen molar-refractivity contribution in [2.45, 2.75) is 6.42 Å². The van der Waals surface area contributed by atoms with Crippen LogP contribution in [0.4, 0.5) is 0 Å². The van der Waals surface area contributed by atoms with Crippen LogP contribution in [-0.2, 0) is 6.42 Å². The van der Waals surface area contributed by atoms with Gasteiger partial charge in [0, 0.05) is 31.1 Å². The number of carbonyl (C=O) groups is 1. The minimum Gasteiger partial charge on any atom is -0.352 e. The number of hydrogen-bond acceptors (Lipinski definition) is 3. The third-order valence-electron chi connectivity index (χ3n) is 2.24. The average Bonchev–Trinajstić information content (AvgIpc) is 2.82. The third kappa shape index (κ3) is 3.04. The summed E-state index contributed by atoms with van der Waals surface area (Å²) in [5.74, 6) is -0.220. The Morgan fingerprint density at radius 3 is 3.12 bits per heavy atom. The smallest absolute Gasteiger partial charge is 0.254 e. The highest BCUT2D eigenvalue weighted by atomic mass is 35.5. The van der Waals surface area contributed by atoms with Crippen LogP contribution in [0.5, 0.6) is 0 Å². The van der Waals surface area contributed by atoms with Crippen molar-refractivity contribution in [2.75, 3.05) is 6.54 Å². The summed E-state index contributed by atoms with van der Waals surface area (Å²) < 4.78 is 0. The largest absolute Gasteiger partial charge is 0.352 e. The molecular formula is C11H11ClN4O. The molecule has 0 aliphatic carbocycles. The van der Waals surface area contributed by atoms with Crippen molar-refractivity contribution in [3.05, 3.63) is 47.3 Å². The van der Waals surface area contributed by atoms with E-state index >= 15 is 0 Å². The number of aromatic amines is 1. The van der Waals surface area contributed by atoms with Gasteiger partial charge in [0.25, 0.3) is 5.91 Å². The van der Waals surface area contributed by atoms with Gasteiger partial charge in [-0.1, -0.05) is 11.6 Å². The van der Waals surface area contributed by atoms with Crippen LogP contribution in [0.3, 0.4) is 0 Å². The van der Waals surface area contributed by atoms with Gasteiger partial charge in [-0.25, -0.2) is 9.97 Å². The number of carbonyl (C=O) groups excluding carboxylic acids is 1. The van der Waals surface area contributed by atoms with Crippen LogP contribution in [0.2, 0.25) is 5.15 Å². The Morgan fingerprint density at radius 1 is 1.53 bits per heavy atom. The molecule has 2 heterocycles. The molecule has 2 aromatic rings. The number of halogens is 1. The predicted molar refractivity (Wildman–Crippen MR) is 63.9 cm³/mol. The number of aromatic nitrogens is 3. The molecule has 2 rings (SSSR count). The zero-order chi connectivity index (χ0) is 12.1. The molecule has 1 amide bonds. The van der Waals surface area contributed by atoms with E-state index in [1.807, 2.05) is 0 Å². The second-order valence-corrected chi connectivity index (χ2v) is 3.78. The number of nitrogens with one attached hydrogen (secondary N) is 2. The number of nitrogens with zero attached hydrogens (tertiary/aromatic N) is 2. The lowest BCUT2D eigenvalue weighted by Gasteiger charge is -2.04. The Bertz CT molecular complexity index is 498. The fraction of sp³-hybridized carbons (Fsp3) is 0.182. The van der Waals surface area contributed by atoms with E-state index in [0.717, 1.165) is 5.69 Å². The molecule has 0 spiro atoms. The molecule has 0 saturated carbocycles. The van der Waals surface area contributed by atoms with Gasteiger partial charge in [-0.3, -0.25) is 4.79 Å². The second kappa shape index (κ2) is 5.45. The van der Waals surface area contributed by atoms with E-state index in [4.69, 9.17) is 11.6 Å². The van der Waals surface area contributed by atoms with Gasteiger partial charge in [0.1, 0.15) is 5.15 Å². The summed E-state index contributed by atoms with van der Waals surface area (Å²) in [6, 6.07) is 3.32. The van der Waals surface area contributed by atoms with Crippen LogP contribution in [-0.4, -0.2) is 27.4 Å². The van der Waals surface area contributed by atoms with Crippen LogP contribution in [0, 0.1) is 0 Å². The van der Waals surface area contributed by atoms with Crippen LogP contribution in [0.15, 0.2) is 30.9 Å². The molecule has 5 nitrogen and oxygen atoms in total. The average molecular weight is 251 g/mol. The van der Waals surface area contributed by atoms with Gasteiger partial charge in [-0.05, 0) is 12.1 Å². The van der Waals surface area contributed by atoms with E-state index in [1.165, 1.54) is 0 Å². The van der Waals surface area contributed by atoms with Crippen molar-refractivity contribution in [3.63, 3.8) is 0 Å². The maximum Gasteiger partial charge on any atom is 0.254 e. The van der Waals surface area contributed by atoms with Crippen molar-refractivity contribution in [3.8, 4) is 0 Å². The minimum atomic E-state index is -0.220. The van der Waals surface area contributed by atoms with Gasteiger partial charge in [-0.2, -0.15) is 0 Å². The Labute approximate surface area is 103 Å². The standard InChI is InChI=1S/C11H11ClN4O/c12-10-9(2-1-4-14-10)11(17)15-5-3-8-6-13-7-16-8/h1-2,4,6-7H,3,5H2,(H,13,16)(H,15,17). The van der Waals surface area contributed by atoms with E-state index in [9.17, 15) is 4.79 Å². The Kier molecular flexibility index (Phi) is 3.72. The van der Waals surface area contributed by atoms with Crippen LogP contribution >= 0.6 is 11.6 Å². The SMILES string of the molecule is O=C(NCCc1cnc[nH]1)c1cccnc1Cl. The monoisotopic (exact) mass is 250 g/mol. The molecule has 2 N–H and O–H groups in total. The van der Waals surface area contributed by atoms with Gasteiger partial charge >= 0.3 is 0 Å². The lowest BCUT2D eigenvalue weighted by Crippen LogP contribution is -2.26. The van der Waals surface area contributed by atoms with E-state index in [-0.39, 0.29) is 11.1 Å². The van der Waals surface area contributed by atoms with E-state index in [1.54, 1.807) is 30.9 Å². The summed E-state index contributed by atoms with van der Waals surface area (Å²) in [7, 11) is 0. The molecule has 0 aliphatic rings. The molecular weight excluding hydrogens is 240 g/mol. The molecule has 0 atom stereocenters. The quantitative estimate of drug-likeness (QED) is 0.807. The lowest BCUT2D eigenvalue weighted by molar-refractivity contribution is 0.0954. The Hall–Kier alpha value is -1.88. The van der Waals surface area contributed by atoms with Gasteiger partial charge < -0.3 is 10.3 Å². The number of rotatable bonds is 4. The zero-order valence-electron chi connectivity index (χ0n) is 8.98. The molecule has 0 fully saturated rings. The molecule has 6 heteroatoms. The lowest BCUT2D eigenvalue weighted by atomic mass is 10.2. The molecule has 88 valence electrons. The molecule has 0 aromatic carbocycles. The van der Waals surface area contributed by atoms with Crippen LogP contribution < -0.4 is 5.32 Å². The molecule has 17 heavy (non-hydrogen) atoms. The van der Waals surface area contributed by atoms with Gasteiger partial charge in [0.05, 0.1) is 11.9 Å². The van der Waals surface area contributed by atoms with Gasteiger partial charge in [0.15, 0.2) is 0 Å². The first-order valence-electron chi connectivity index (χ1n) is 5.13. The maximum absolute atomic E-state index is 11.7. The summed E-state index contributed by atoms with van der Waals surface area (Å²) >= 11 is 5.81. The van der Waals surface area contributed by atoms with Crippen molar-refractivity contribution in [2.24, 2.45) is 0 Å². The molecule has 2 aromatic heterocycles. The fourth-order valence-corrected chi connectivity index (χ4v) is 1.59. The number of H-pyrrole nitrogens is 1. The van der Waals surface area contributed by atoms with Crippen LogP contribution in [0.1, 0.15) is 16.1 Å². The first-order chi connectivity index (χ1) is 8.27. The Morgan fingerprint density at radius 2 is 2.41 bits per heavy atom. The van der Waals surface area contributed by atoms with Gasteiger partial charge in [-0.15, -0.1) is 0 Å². The van der Waals surface area contributed by atoms with Crippen molar-refractivity contribution in [1.29, 1.82) is 0 Å². The van der Waals surface area contributed by atoms with Crippen LogP contribution in [0.25, 0.3) is 0 Å². The Balaban J connectivity index is 1.88. The number of amides is 1. The van der Waals surface area contributed by atoms with Crippen molar-refractivity contribution < 1.29 is 4.79 Å². The van der Waals surface area contributed by atoms with Crippen molar-refractivity contribution in [1.82, 2.24) is 20.3 Å². The first kappa shape index (κ1) is 11.6. The highest BCUT2D eigenvalue weighted by Crippen LogP contribution is 2.10. The fourth-order valence-electron chi connectivity index (χ4n) is 1.38. The van der Waals surface area contributed by atoms with E-state index < -0.39 is 0 Å². The van der Waals surface area contributed by atoms with E-state index in [0.29, 0.717) is 18.5 Å². The minimum absolute atomic E-state index is 0.214. The molecule has 0 saturated heterocycles. The topological polar surface area (TPSA) is 70.7 Å². The molecule has 0 unspecified atom stereocenters. The molecule has 0 radical (unpaired) electrons. The maximum atomic E-state index is 11.7. The first-order valence-corrected chi connectivity index (χ1v) is 5.51. The highest BCUT2D eigenvalue weighted by Gasteiger charge is 2.09. The number of pyridine rings is 1. The predicted octanol–water partition coefficient (Wildman–Crippen LogP) is 1.43. The summed E-state index contributed by atoms with van der Waals surface area (Å²) in [5, 5.41) is 2.98. The molecule has 0 bridgehead atoms. The summed E-state index contributed by atoms with van der Waals surface area (Å²) in [5.41, 5.74) is 1.36. The van der Waals surface area contributed by atoms with Gasteiger partial charge in [0.2, 0.25) is 0 Å². The summed E-state index contributed by atoms with van der Waals surface area (Å²) in [6.45, 7) is 0.520. The zero-order valence-corrected chi connectivity index (χ0v) is 9.74. The number of imidazole rings is 1. The highest BCUT2D eigenvalue weighted by molar-refractivity contribution is 6.32. The normalized spacial score (nSPS) is 10.2. The summed E-state index contributed by atoms with van der Waals surface area (Å²) in [4.78, 5) is 22.4. The van der Waals surface area contributed by atoms with Crippen molar-refractivity contribution >= 4 is 17.5 Å². The van der Waals surface area contributed by atoms with E-state index in [2.05, 4.69) is 20.3 Å².